The minimum atomic E-state index is -1.93. The zero-order valence-corrected chi connectivity index (χ0v) is 29.9. The average molecular weight is 664 g/mol. The molecule has 1 N–H and O–H groups in total. The van der Waals surface area contributed by atoms with Gasteiger partial charge in [0.15, 0.2) is 20.5 Å². The summed E-state index contributed by atoms with van der Waals surface area (Å²) in [5.41, 5.74) is 2.37. The van der Waals surface area contributed by atoms with Gasteiger partial charge < -0.3 is 23.0 Å². The Bertz CT molecular complexity index is 1740. The van der Waals surface area contributed by atoms with Gasteiger partial charge in [-0.05, 0) is 93.4 Å². The van der Waals surface area contributed by atoms with Crippen LogP contribution in [0.3, 0.4) is 0 Å². The van der Waals surface area contributed by atoms with Crippen LogP contribution in [0.4, 0.5) is 10.7 Å². The molecule has 1 aliphatic heterocycles. The number of hydrogen-bond donors (Lipinski definition) is 1. The summed E-state index contributed by atoms with van der Waals surface area (Å²) >= 11 is 1.35. The van der Waals surface area contributed by atoms with Crippen molar-refractivity contribution >= 4 is 48.6 Å². The molecule has 0 bridgehead atoms. The van der Waals surface area contributed by atoms with Gasteiger partial charge in [0.25, 0.3) is 5.91 Å². The number of fused-ring (bicyclic) bond motifs is 1. The van der Waals surface area contributed by atoms with Crippen molar-refractivity contribution in [3.8, 4) is 10.6 Å². The molecule has 3 aromatic heterocycles. The van der Waals surface area contributed by atoms with Crippen molar-refractivity contribution in [1.29, 1.82) is 0 Å². The van der Waals surface area contributed by atoms with Crippen LogP contribution in [0.15, 0.2) is 47.3 Å². The van der Waals surface area contributed by atoms with E-state index in [-0.39, 0.29) is 28.5 Å². The van der Waals surface area contributed by atoms with Gasteiger partial charge in [0.05, 0.1) is 33.6 Å². The number of ether oxygens (including phenoxy) is 1. The monoisotopic (exact) mass is 663 g/mol. The molecule has 6 rings (SSSR count). The number of nitrogens with zero attached hydrogens (tertiary/aromatic N) is 4. The van der Waals surface area contributed by atoms with Gasteiger partial charge in [-0.1, -0.05) is 26.8 Å². The highest BCUT2D eigenvalue weighted by Gasteiger charge is 2.51. The average Bonchev–Trinajstić information content (AvgIpc) is 3.74. The van der Waals surface area contributed by atoms with Crippen LogP contribution in [0.25, 0.3) is 21.7 Å². The van der Waals surface area contributed by atoms with Crippen molar-refractivity contribution in [2.24, 2.45) is 5.41 Å². The number of aromatic nitrogens is 3. The number of likely N-dealkylation sites (tertiary alicyclic amines) is 1. The van der Waals surface area contributed by atoms with Crippen molar-refractivity contribution in [2.75, 3.05) is 18.4 Å². The fraction of sp³-hybridized carbons (Fsp3) is 0.529. The fourth-order valence-electron chi connectivity index (χ4n) is 6.14. The van der Waals surface area contributed by atoms with Crippen LogP contribution in [0.1, 0.15) is 82.1 Å². The number of carbonyl (C=O) groups is 2. The molecule has 1 saturated heterocycles. The zero-order valence-electron chi connectivity index (χ0n) is 28.1. The van der Waals surface area contributed by atoms with Crippen molar-refractivity contribution in [2.45, 2.75) is 97.2 Å². The highest BCUT2D eigenvalue weighted by Crippen LogP contribution is 2.55. The number of hydrogen-bond acceptors (Lipinski definition) is 8. The van der Waals surface area contributed by atoms with E-state index < -0.39 is 13.9 Å². The molecule has 46 heavy (non-hydrogen) atoms. The topological polar surface area (TPSA) is 112 Å². The van der Waals surface area contributed by atoms with Crippen molar-refractivity contribution in [3.63, 3.8) is 0 Å². The molecule has 0 atom stereocenters. The third kappa shape index (κ3) is 6.52. The van der Waals surface area contributed by atoms with Gasteiger partial charge in [-0.2, -0.15) is 0 Å². The summed E-state index contributed by atoms with van der Waals surface area (Å²) in [6.07, 6.45) is 5.49. The molecular formula is C34H45N5O5SSi. The van der Waals surface area contributed by atoms with E-state index >= 15 is 0 Å². The Kier molecular flexibility index (Phi) is 8.21. The Morgan fingerprint density at radius 3 is 2.57 bits per heavy atom. The van der Waals surface area contributed by atoms with Gasteiger partial charge >= 0.3 is 6.09 Å². The number of amides is 2. The minimum Gasteiger partial charge on any atom is -0.444 e. The van der Waals surface area contributed by atoms with E-state index in [1.54, 1.807) is 12.3 Å². The smallest absolute Gasteiger partial charge is 0.410 e. The molecule has 1 aliphatic carbocycles. The predicted octanol–water partition coefficient (Wildman–Crippen LogP) is 8.49. The molecule has 0 radical (unpaired) electrons. The first-order valence-electron chi connectivity index (χ1n) is 16.0. The first kappa shape index (κ1) is 32.5. The summed E-state index contributed by atoms with van der Waals surface area (Å²) in [5.74, 6) is 0.930. The van der Waals surface area contributed by atoms with Crippen LogP contribution in [-0.4, -0.2) is 58.4 Å². The molecule has 1 spiro atoms. The molecule has 4 aromatic rings. The fourth-order valence-corrected chi connectivity index (χ4v) is 7.95. The number of benzene rings is 1. The van der Waals surface area contributed by atoms with Gasteiger partial charge in [0.1, 0.15) is 5.60 Å². The lowest BCUT2D eigenvalue weighted by Gasteiger charge is -2.46. The second-order valence-electron chi connectivity index (χ2n) is 15.4. The highest BCUT2D eigenvalue weighted by molar-refractivity contribution is 7.17. The summed E-state index contributed by atoms with van der Waals surface area (Å²) in [6, 6.07) is 10.1. The number of thiophene rings is 1. The van der Waals surface area contributed by atoms with Crippen molar-refractivity contribution in [1.82, 2.24) is 19.4 Å². The molecule has 4 heterocycles. The van der Waals surface area contributed by atoms with Crippen LogP contribution in [0.5, 0.6) is 0 Å². The third-order valence-corrected chi connectivity index (χ3v) is 15.3. The molecule has 12 heteroatoms. The molecule has 0 unspecified atom stereocenters. The standard InChI is InChI=1S/C34H45N5O5SSi/c1-32(2,3)44-31(41)38-14-13-34(20-38)16-23(17-34)39-25-10-9-22(19-43-46(7,8)33(4,5)6)15-24(25)36-30(39)37-29(40)28-12-11-27(45-28)26-18-35-21-42-26/h9-12,15,18,21,23H,13-14,16-17,19-20H2,1-8H3,(H,36,37,40). The largest absolute Gasteiger partial charge is 0.444 e. The van der Waals surface area contributed by atoms with Crippen molar-refractivity contribution < 1.29 is 23.2 Å². The molecule has 2 fully saturated rings. The summed E-state index contributed by atoms with van der Waals surface area (Å²) < 4.78 is 19.7. The Morgan fingerprint density at radius 1 is 1.13 bits per heavy atom. The number of imidazole rings is 1. The van der Waals surface area contributed by atoms with Crippen LogP contribution in [0.2, 0.25) is 18.1 Å². The maximum Gasteiger partial charge on any atom is 0.410 e. The highest BCUT2D eigenvalue weighted by atomic mass is 32.1. The van der Waals surface area contributed by atoms with E-state index in [2.05, 4.69) is 66.9 Å². The van der Waals surface area contributed by atoms with E-state index in [1.165, 1.54) is 17.7 Å². The molecule has 2 amide bonds. The quantitative estimate of drug-likeness (QED) is 0.197. The maximum atomic E-state index is 13.5. The van der Waals surface area contributed by atoms with Crippen LogP contribution >= 0.6 is 11.3 Å². The molecule has 2 aliphatic rings. The molecule has 1 aromatic carbocycles. The molecule has 10 nitrogen and oxygen atoms in total. The molecule has 1 saturated carbocycles. The normalized spacial score (nSPS) is 20.3. The number of nitrogens with one attached hydrogen (secondary N) is 1. The Labute approximate surface area is 275 Å². The van der Waals surface area contributed by atoms with Gasteiger partial charge in [-0.3, -0.25) is 10.1 Å². The summed E-state index contributed by atoms with van der Waals surface area (Å²) in [5, 5.41) is 3.24. The van der Waals surface area contributed by atoms with Crippen LogP contribution in [-0.2, 0) is 15.8 Å². The summed E-state index contributed by atoms with van der Waals surface area (Å²) in [4.78, 5) is 38.5. The van der Waals surface area contributed by atoms with Gasteiger partial charge in [0.2, 0.25) is 5.95 Å². The number of anilines is 1. The Morgan fingerprint density at radius 2 is 1.89 bits per heavy atom. The predicted molar refractivity (Wildman–Crippen MR) is 183 cm³/mol. The van der Waals surface area contributed by atoms with E-state index in [4.69, 9.17) is 18.6 Å². The lowest BCUT2D eigenvalue weighted by atomic mass is 9.65. The first-order valence-corrected chi connectivity index (χ1v) is 19.7. The van der Waals surface area contributed by atoms with E-state index in [0.29, 0.717) is 36.3 Å². The minimum absolute atomic E-state index is 0.0378. The lowest BCUT2D eigenvalue weighted by molar-refractivity contribution is 0.0199. The Balaban J connectivity index is 1.25. The van der Waals surface area contributed by atoms with Gasteiger partial charge in [-0.15, -0.1) is 11.3 Å². The SMILES string of the molecule is CC(C)(C)OC(=O)N1CCC2(CC(n3c(NC(=O)c4ccc(-c5cnco5)s4)nc4cc(CO[Si](C)(C)C(C)(C)C)ccc43)C2)C1. The lowest BCUT2D eigenvalue weighted by Crippen LogP contribution is -2.43. The molecule has 246 valence electrons. The summed E-state index contributed by atoms with van der Waals surface area (Å²) in [7, 11) is -1.93. The third-order valence-electron chi connectivity index (χ3n) is 9.68. The van der Waals surface area contributed by atoms with Crippen LogP contribution in [0, 0.1) is 5.41 Å². The van der Waals surface area contributed by atoms with E-state index in [1.807, 2.05) is 31.7 Å². The van der Waals surface area contributed by atoms with Gasteiger partial charge in [-0.25, -0.2) is 14.8 Å². The number of rotatable bonds is 7. The second kappa shape index (κ2) is 11.6. The van der Waals surface area contributed by atoms with Crippen molar-refractivity contribution in [3.05, 3.63) is 53.4 Å². The second-order valence-corrected chi connectivity index (χ2v) is 21.3. The van der Waals surface area contributed by atoms with Crippen LogP contribution < -0.4 is 5.32 Å². The van der Waals surface area contributed by atoms with Gasteiger partial charge in [0, 0.05) is 19.1 Å². The molecular weight excluding hydrogens is 619 g/mol. The van der Waals surface area contributed by atoms with E-state index in [0.717, 1.165) is 40.7 Å². The number of carbonyl (C=O) groups excluding carboxylic acids is 2. The Hall–Kier alpha value is -3.48. The van der Waals surface area contributed by atoms with E-state index in [9.17, 15) is 9.59 Å². The summed E-state index contributed by atoms with van der Waals surface area (Å²) in [6.45, 7) is 18.8. The zero-order chi connectivity index (χ0) is 33.1. The first-order chi connectivity index (χ1) is 21.5. The maximum absolute atomic E-state index is 13.5. The number of oxazole rings is 1.